The van der Waals surface area contributed by atoms with E-state index in [1.807, 2.05) is 4.90 Å². The maximum atomic E-state index is 14.2. The van der Waals surface area contributed by atoms with E-state index in [1.165, 1.54) is 18.3 Å². The van der Waals surface area contributed by atoms with E-state index < -0.39 is 11.7 Å². The van der Waals surface area contributed by atoms with Gasteiger partial charge in [-0.05, 0) is 55.5 Å². The van der Waals surface area contributed by atoms with Gasteiger partial charge < -0.3 is 25.0 Å². The van der Waals surface area contributed by atoms with Crippen LogP contribution in [0.1, 0.15) is 26.4 Å². The molecule has 176 valence electrons. The number of hydrogen-bond donors (Lipinski definition) is 2. The number of aromatic nitrogens is 1. The van der Waals surface area contributed by atoms with Crippen LogP contribution in [0.5, 0.6) is 5.75 Å². The van der Waals surface area contributed by atoms with E-state index in [2.05, 4.69) is 15.6 Å². The highest BCUT2D eigenvalue weighted by Gasteiger charge is 2.17. The van der Waals surface area contributed by atoms with Gasteiger partial charge in [-0.15, -0.1) is 0 Å². The quantitative estimate of drug-likeness (QED) is 0.575. The molecule has 0 spiro atoms. The number of pyridine rings is 1. The van der Waals surface area contributed by atoms with Crippen LogP contribution in [-0.2, 0) is 4.74 Å². The Morgan fingerprint density at radius 3 is 2.41 bits per heavy atom. The van der Waals surface area contributed by atoms with Crippen molar-refractivity contribution in [3.63, 3.8) is 0 Å². The molecule has 0 unspecified atom stereocenters. The molecule has 2 N–H and O–H groups in total. The largest absolute Gasteiger partial charge is 0.497 e. The Labute approximate surface area is 196 Å². The molecule has 34 heavy (non-hydrogen) atoms. The van der Waals surface area contributed by atoms with Crippen LogP contribution in [0.4, 0.5) is 21.5 Å². The van der Waals surface area contributed by atoms with Crippen molar-refractivity contribution in [3.05, 3.63) is 77.4 Å². The fraction of sp³-hybridized carbons (Fsp3) is 0.240. The number of anilines is 3. The number of nitrogens with one attached hydrogen (secondary N) is 2. The topological polar surface area (TPSA) is 92.8 Å². The Kier molecular flexibility index (Phi) is 7.03. The van der Waals surface area contributed by atoms with E-state index in [-0.39, 0.29) is 11.5 Å². The third-order valence-corrected chi connectivity index (χ3v) is 5.46. The number of hydrogen-bond acceptors (Lipinski definition) is 6. The second-order valence-electron chi connectivity index (χ2n) is 7.79. The van der Waals surface area contributed by atoms with Crippen molar-refractivity contribution < 1.29 is 23.5 Å². The summed E-state index contributed by atoms with van der Waals surface area (Å²) in [4.78, 5) is 31.9. The second-order valence-corrected chi connectivity index (χ2v) is 7.79. The van der Waals surface area contributed by atoms with Gasteiger partial charge in [-0.1, -0.05) is 0 Å². The number of morpholine rings is 1. The maximum absolute atomic E-state index is 14.2. The van der Waals surface area contributed by atoms with Crippen LogP contribution in [0.15, 0.2) is 54.7 Å². The lowest BCUT2D eigenvalue weighted by molar-refractivity contribution is 0.101. The highest BCUT2D eigenvalue weighted by molar-refractivity contribution is 6.08. The van der Waals surface area contributed by atoms with Gasteiger partial charge >= 0.3 is 0 Å². The molecule has 2 aromatic carbocycles. The number of amides is 2. The van der Waals surface area contributed by atoms with Gasteiger partial charge in [0, 0.05) is 30.0 Å². The van der Waals surface area contributed by atoms with Crippen molar-refractivity contribution >= 4 is 28.9 Å². The number of benzene rings is 2. The number of aryl methyl sites for hydroxylation is 1. The molecule has 2 amide bonds. The number of rotatable bonds is 6. The molecule has 0 bridgehead atoms. The number of nitrogens with zero attached hydrogens (tertiary/aromatic N) is 2. The predicted molar refractivity (Wildman–Crippen MR) is 127 cm³/mol. The monoisotopic (exact) mass is 464 g/mol. The Morgan fingerprint density at radius 2 is 1.71 bits per heavy atom. The number of carbonyl (C=O) groups is 2. The van der Waals surface area contributed by atoms with Crippen LogP contribution < -0.4 is 20.3 Å². The van der Waals surface area contributed by atoms with Crippen LogP contribution in [0.3, 0.4) is 0 Å². The molecule has 0 radical (unpaired) electrons. The van der Waals surface area contributed by atoms with Gasteiger partial charge in [0.05, 0.1) is 43.5 Å². The van der Waals surface area contributed by atoms with E-state index in [0.717, 1.165) is 0 Å². The molecule has 1 aromatic heterocycles. The summed E-state index contributed by atoms with van der Waals surface area (Å²) in [5.74, 6) is -0.696. The minimum absolute atomic E-state index is 0.173. The maximum Gasteiger partial charge on any atom is 0.257 e. The normalized spacial score (nSPS) is 13.3. The molecule has 1 saturated heterocycles. The van der Waals surface area contributed by atoms with Gasteiger partial charge in [-0.3, -0.25) is 14.6 Å². The average molecular weight is 464 g/mol. The zero-order valence-electron chi connectivity index (χ0n) is 18.9. The molecule has 8 nitrogen and oxygen atoms in total. The highest BCUT2D eigenvalue weighted by atomic mass is 19.1. The van der Waals surface area contributed by atoms with E-state index in [0.29, 0.717) is 60.4 Å². The molecule has 2 heterocycles. The number of methoxy groups -OCH3 is 1. The van der Waals surface area contributed by atoms with Gasteiger partial charge in [0.15, 0.2) is 0 Å². The summed E-state index contributed by atoms with van der Waals surface area (Å²) < 4.78 is 24.7. The summed E-state index contributed by atoms with van der Waals surface area (Å²) in [6.07, 6.45) is 1.46. The lowest BCUT2D eigenvalue weighted by Gasteiger charge is -2.29. The fourth-order valence-corrected chi connectivity index (χ4v) is 3.62. The van der Waals surface area contributed by atoms with E-state index in [1.54, 1.807) is 50.4 Å². The molecule has 0 aliphatic carbocycles. The molecule has 1 fully saturated rings. The van der Waals surface area contributed by atoms with Crippen molar-refractivity contribution in [2.24, 2.45) is 0 Å². The lowest BCUT2D eigenvalue weighted by atomic mass is 10.1. The SMILES string of the molecule is COc1ccc(NC(=O)c2cc(NC(=O)c3cc(F)cc(N4CCOCC4)c3)cnc2C)cc1. The molecular formula is C25H25FN4O4. The molecule has 4 rings (SSSR count). The Morgan fingerprint density at radius 1 is 1.00 bits per heavy atom. The molecule has 0 atom stereocenters. The summed E-state index contributed by atoms with van der Waals surface area (Å²) in [7, 11) is 1.57. The average Bonchev–Trinajstić information content (AvgIpc) is 2.85. The van der Waals surface area contributed by atoms with E-state index >= 15 is 0 Å². The Bertz CT molecular complexity index is 1190. The molecule has 0 saturated carbocycles. The predicted octanol–water partition coefficient (Wildman–Crippen LogP) is 3.88. The van der Waals surface area contributed by atoms with E-state index in [4.69, 9.17) is 9.47 Å². The van der Waals surface area contributed by atoms with Crippen LogP contribution in [0.25, 0.3) is 0 Å². The lowest BCUT2D eigenvalue weighted by Crippen LogP contribution is -2.36. The van der Waals surface area contributed by atoms with Gasteiger partial charge in [-0.25, -0.2) is 4.39 Å². The first-order valence-electron chi connectivity index (χ1n) is 10.8. The van der Waals surface area contributed by atoms with Crippen LogP contribution in [-0.4, -0.2) is 50.2 Å². The summed E-state index contributed by atoms with van der Waals surface area (Å²) in [6.45, 7) is 4.05. The number of ether oxygens (including phenoxy) is 2. The van der Waals surface area contributed by atoms with Crippen LogP contribution in [0.2, 0.25) is 0 Å². The van der Waals surface area contributed by atoms with Crippen molar-refractivity contribution in [2.45, 2.75) is 6.92 Å². The first-order chi connectivity index (χ1) is 16.4. The molecular weight excluding hydrogens is 439 g/mol. The number of carbonyl (C=O) groups excluding carboxylic acids is 2. The second kappa shape index (κ2) is 10.3. The number of halogens is 1. The van der Waals surface area contributed by atoms with Crippen molar-refractivity contribution in [1.82, 2.24) is 4.98 Å². The molecule has 9 heteroatoms. The van der Waals surface area contributed by atoms with Crippen molar-refractivity contribution in [2.75, 3.05) is 48.9 Å². The Hall–Kier alpha value is -3.98. The minimum atomic E-state index is -0.504. The van der Waals surface area contributed by atoms with Crippen molar-refractivity contribution in [3.8, 4) is 5.75 Å². The summed E-state index contributed by atoms with van der Waals surface area (Å²) in [5.41, 5.74) is 2.52. The van der Waals surface area contributed by atoms with Crippen molar-refractivity contribution in [1.29, 1.82) is 0 Å². The summed E-state index contributed by atoms with van der Waals surface area (Å²) >= 11 is 0. The first-order valence-corrected chi connectivity index (χ1v) is 10.8. The van der Waals surface area contributed by atoms with Gasteiger partial charge in [0.25, 0.3) is 11.8 Å². The van der Waals surface area contributed by atoms with Gasteiger partial charge in [-0.2, -0.15) is 0 Å². The van der Waals surface area contributed by atoms with Crippen LogP contribution >= 0.6 is 0 Å². The Balaban J connectivity index is 1.49. The standard InChI is InChI=1S/C25H25FN4O4/c1-16-23(25(32)28-19-3-5-22(33-2)6-4-19)14-20(15-27-16)29-24(31)17-11-18(26)13-21(12-17)30-7-9-34-10-8-30/h3-6,11-15H,7-10H2,1-2H3,(H,28,32)(H,29,31). The minimum Gasteiger partial charge on any atom is -0.497 e. The summed E-state index contributed by atoms with van der Waals surface area (Å²) in [5, 5.41) is 5.51. The molecule has 3 aromatic rings. The molecule has 1 aliphatic rings. The van der Waals surface area contributed by atoms with Gasteiger partial charge in [0.1, 0.15) is 11.6 Å². The smallest absolute Gasteiger partial charge is 0.257 e. The molecule has 1 aliphatic heterocycles. The van der Waals surface area contributed by atoms with E-state index in [9.17, 15) is 14.0 Å². The zero-order chi connectivity index (χ0) is 24.1. The highest BCUT2D eigenvalue weighted by Crippen LogP contribution is 2.22. The fourth-order valence-electron chi connectivity index (χ4n) is 3.62. The third kappa shape index (κ3) is 5.49. The zero-order valence-corrected chi connectivity index (χ0v) is 18.9. The van der Waals surface area contributed by atoms with Crippen LogP contribution in [0, 0.1) is 12.7 Å². The third-order valence-electron chi connectivity index (χ3n) is 5.46. The first kappa shape index (κ1) is 23.2. The van der Waals surface area contributed by atoms with Gasteiger partial charge in [0.2, 0.25) is 0 Å². The summed E-state index contributed by atoms with van der Waals surface area (Å²) in [6, 6.07) is 12.7.